The van der Waals surface area contributed by atoms with Crippen LogP contribution < -0.4 is 10.3 Å². The third kappa shape index (κ3) is 5.06. The van der Waals surface area contributed by atoms with Crippen LogP contribution in [0.15, 0.2) is 47.3 Å². The lowest BCUT2D eigenvalue weighted by atomic mass is 9.90. The quantitative estimate of drug-likeness (QED) is 0.849. The van der Waals surface area contributed by atoms with Gasteiger partial charge in [-0.1, -0.05) is 39.0 Å². The van der Waals surface area contributed by atoms with Crippen molar-refractivity contribution in [2.75, 3.05) is 6.61 Å². The Kier molecular flexibility index (Phi) is 4.78. The Hall–Kier alpha value is -2.10. The maximum absolute atomic E-state index is 11.8. The fraction of sp³-hybridized carbons (Fsp3) is 0.412. The first-order chi connectivity index (χ1) is 9.94. The lowest BCUT2D eigenvalue weighted by molar-refractivity contribution is 0.286. The van der Waals surface area contributed by atoms with Gasteiger partial charge in [-0.2, -0.15) is 5.10 Å². The van der Waals surface area contributed by atoms with E-state index in [1.54, 1.807) is 6.07 Å². The zero-order valence-electron chi connectivity index (χ0n) is 12.9. The highest BCUT2D eigenvalue weighted by Crippen LogP contribution is 2.18. The third-order valence-electron chi connectivity index (χ3n) is 2.95. The number of aromatic nitrogens is 2. The lowest BCUT2D eigenvalue weighted by Crippen LogP contribution is -2.26. The Labute approximate surface area is 125 Å². The summed E-state index contributed by atoms with van der Waals surface area (Å²) in [5.74, 6) is 0.802. The molecule has 0 saturated carbocycles. The number of nitrogens with zero attached hydrogens (tertiary/aromatic N) is 2. The molecule has 0 spiro atoms. The van der Waals surface area contributed by atoms with Gasteiger partial charge in [0.15, 0.2) is 0 Å². The van der Waals surface area contributed by atoms with E-state index >= 15 is 0 Å². The van der Waals surface area contributed by atoms with Gasteiger partial charge in [0.25, 0.3) is 5.56 Å². The molecule has 0 fully saturated rings. The lowest BCUT2D eigenvalue weighted by Gasteiger charge is -2.17. The maximum Gasteiger partial charge on any atom is 0.266 e. The molecule has 1 aromatic carbocycles. The van der Waals surface area contributed by atoms with Gasteiger partial charge in [0, 0.05) is 6.07 Å². The second-order valence-electron chi connectivity index (χ2n) is 6.29. The van der Waals surface area contributed by atoms with Crippen molar-refractivity contribution in [2.45, 2.75) is 33.7 Å². The van der Waals surface area contributed by atoms with Crippen molar-refractivity contribution in [3.05, 3.63) is 58.5 Å². The topological polar surface area (TPSA) is 44.1 Å². The Balaban J connectivity index is 1.99. The van der Waals surface area contributed by atoms with Crippen LogP contribution in [-0.4, -0.2) is 16.4 Å². The zero-order chi connectivity index (χ0) is 15.3. The summed E-state index contributed by atoms with van der Waals surface area (Å²) in [7, 11) is 0. The maximum atomic E-state index is 11.8. The fourth-order valence-corrected chi connectivity index (χ4v) is 2.06. The molecule has 0 unspecified atom stereocenters. The molecule has 21 heavy (non-hydrogen) atoms. The minimum Gasteiger partial charge on any atom is -0.492 e. The van der Waals surface area contributed by atoms with Gasteiger partial charge >= 0.3 is 0 Å². The molecule has 0 aliphatic carbocycles. The second kappa shape index (κ2) is 6.57. The van der Waals surface area contributed by atoms with E-state index < -0.39 is 0 Å². The second-order valence-corrected chi connectivity index (χ2v) is 6.29. The van der Waals surface area contributed by atoms with Crippen LogP contribution in [0.4, 0.5) is 0 Å². The van der Waals surface area contributed by atoms with Crippen LogP contribution in [-0.2, 0) is 13.0 Å². The molecule has 0 N–H and O–H groups in total. The molecule has 2 aromatic rings. The van der Waals surface area contributed by atoms with Gasteiger partial charge in [0.05, 0.1) is 12.2 Å². The van der Waals surface area contributed by atoms with Crippen LogP contribution in [0.25, 0.3) is 0 Å². The van der Waals surface area contributed by atoms with Crippen LogP contribution in [0.1, 0.15) is 26.5 Å². The molecular formula is C17H22N2O2. The minimum absolute atomic E-state index is 0.0932. The van der Waals surface area contributed by atoms with Crippen molar-refractivity contribution < 1.29 is 4.74 Å². The van der Waals surface area contributed by atoms with Gasteiger partial charge in [-0.25, -0.2) is 4.68 Å². The van der Waals surface area contributed by atoms with E-state index in [1.165, 1.54) is 4.68 Å². The van der Waals surface area contributed by atoms with E-state index in [0.29, 0.717) is 13.2 Å². The number of benzene rings is 1. The van der Waals surface area contributed by atoms with Crippen LogP contribution in [0.5, 0.6) is 5.75 Å². The highest BCUT2D eigenvalue weighted by molar-refractivity contribution is 5.20. The summed E-state index contributed by atoms with van der Waals surface area (Å²) < 4.78 is 7.08. The molecule has 0 atom stereocenters. The fourth-order valence-electron chi connectivity index (χ4n) is 2.06. The van der Waals surface area contributed by atoms with Gasteiger partial charge < -0.3 is 4.74 Å². The predicted molar refractivity (Wildman–Crippen MR) is 83.6 cm³/mol. The van der Waals surface area contributed by atoms with Gasteiger partial charge in [-0.05, 0) is 30.0 Å². The van der Waals surface area contributed by atoms with Gasteiger partial charge in [0.2, 0.25) is 0 Å². The van der Waals surface area contributed by atoms with Gasteiger partial charge in [-0.3, -0.25) is 4.79 Å². The molecule has 1 heterocycles. The number of ether oxygens (including phenoxy) is 1. The first kappa shape index (κ1) is 15.3. The predicted octanol–water partition coefficient (Wildman–Crippen LogP) is 2.91. The number of hydrogen-bond donors (Lipinski definition) is 0. The summed E-state index contributed by atoms with van der Waals surface area (Å²) in [6, 6.07) is 13.0. The number of rotatable bonds is 5. The third-order valence-corrected chi connectivity index (χ3v) is 2.95. The average Bonchev–Trinajstić information content (AvgIpc) is 2.42. The highest BCUT2D eigenvalue weighted by Gasteiger charge is 2.13. The first-order valence-electron chi connectivity index (χ1n) is 7.19. The Morgan fingerprint density at radius 3 is 2.48 bits per heavy atom. The molecular weight excluding hydrogens is 264 g/mol. The van der Waals surface area contributed by atoms with E-state index in [9.17, 15) is 4.79 Å². The van der Waals surface area contributed by atoms with Gasteiger partial charge in [0.1, 0.15) is 12.4 Å². The van der Waals surface area contributed by atoms with E-state index in [2.05, 4.69) is 25.9 Å². The van der Waals surface area contributed by atoms with Crippen molar-refractivity contribution in [1.29, 1.82) is 0 Å². The molecule has 1 aromatic heterocycles. The molecule has 0 saturated heterocycles. The van der Waals surface area contributed by atoms with Crippen molar-refractivity contribution in [3.8, 4) is 5.75 Å². The van der Waals surface area contributed by atoms with Crippen LogP contribution in [0.2, 0.25) is 0 Å². The normalized spacial score (nSPS) is 11.4. The molecule has 2 rings (SSSR count). The molecule has 0 aliphatic heterocycles. The van der Waals surface area contributed by atoms with E-state index in [1.807, 2.05) is 36.4 Å². The molecule has 0 amide bonds. The summed E-state index contributed by atoms with van der Waals surface area (Å²) in [5.41, 5.74) is 0.988. The summed E-state index contributed by atoms with van der Waals surface area (Å²) >= 11 is 0. The molecule has 0 bridgehead atoms. The molecule has 0 radical (unpaired) electrons. The van der Waals surface area contributed by atoms with Crippen molar-refractivity contribution in [3.63, 3.8) is 0 Å². The minimum atomic E-state index is -0.0932. The van der Waals surface area contributed by atoms with Crippen molar-refractivity contribution in [2.24, 2.45) is 5.41 Å². The smallest absolute Gasteiger partial charge is 0.266 e. The molecule has 112 valence electrons. The average molecular weight is 286 g/mol. The zero-order valence-corrected chi connectivity index (χ0v) is 12.9. The van der Waals surface area contributed by atoms with E-state index in [-0.39, 0.29) is 11.0 Å². The van der Waals surface area contributed by atoms with Crippen LogP contribution in [0.3, 0.4) is 0 Å². The van der Waals surface area contributed by atoms with E-state index in [0.717, 1.165) is 17.9 Å². The summed E-state index contributed by atoms with van der Waals surface area (Å²) in [6.07, 6.45) is 0.840. The Bertz CT molecular complexity index is 627. The largest absolute Gasteiger partial charge is 0.492 e. The van der Waals surface area contributed by atoms with Crippen LogP contribution in [0, 0.1) is 5.41 Å². The van der Waals surface area contributed by atoms with Gasteiger partial charge in [-0.15, -0.1) is 0 Å². The van der Waals surface area contributed by atoms with Crippen molar-refractivity contribution in [1.82, 2.24) is 9.78 Å². The monoisotopic (exact) mass is 286 g/mol. The van der Waals surface area contributed by atoms with Crippen molar-refractivity contribution >= 4 is 0 Å². The Morgan fingerprint density at radius 1 is 1.10 bits per heavy atom. The first-order valence-corrected chi connectivity index (χ1v) is 7.19. The molecule has 4 heteroatoms. The van der Waals surface area contributed by atoms with Crippen LogP contribution >= 0.6 is 0 Å². The standard InChI is InChI=1S/C17H22N2O2/c1-17(2,3)13-14-9-10-16(20)19(18-14)11-12-21-15-7-5-4-6-8-15/h4-10H,11-13H2,1-3H3. The summed E-state index contributed by atoms with van der Waals surface area (Å²) in [5, 5.41) is 4.41. The number of hydrogen-bond acceptors (Lipinski definition) is 3. The van der Waals surface area contributed by atoms with E-state index in [4.69, 9.17) is 4.74 Å². The summed E-state index contributed by atoms with van der Waals surface area (Å²) in [4.78, 5) is 11.8. The SMILES string of the molecule is CC(C)(C)Cc1ccc(=O)n(CCOc2ccccc2)n1. The highest BCUT2D eigenvalue weighted by atomic mass is 16.5. The molecule has 0 aliphatic rings. The number of para-hydroxylation sites is 1. The molecule has 4 nitrogen and oxygen atoms in total. The summed E-state index contributed by atoms with van der Waals surface area (Å²) in [6.45, 7) is 7.34. The Morgan fingerprint density at radius 2 is 1.81 bits per heavy atom.